The maximum Gasteiger partial charge on any atom is 0.309 e. The summed E-state index contributed by atoms with van der Waals surface area (Å²) in [6, 6.07) is 7.26. The predicted octanol–water partition coefficient (Wildman–Crippen LogP) is 2.63. The minimum atomic E-state index is -0.375. The lowest BCUT2D eigenvalue weighted by Gasteiger charge is -2.18. The number of rotatable bonds is 5. The van der Waals surface area contributed by atoms with Gasteiger partial charge >= 0.3 is 5.70 Å². The fourth-order valence-electron chi connectivity index (χ4n) is 2.51. The molecule has 0 saturated carbocycles. The van der Waals surface area contributed by atoms with Crippen LogP contribution in [0.1, 0.15) is 11.3 Å². The van der Waals surface area contributed by atoms with Gasteiger partial charge in [0.1, 0.15) is 5.15 Å². The molecular weight excluding hydrogens is 330 g/mol. The third-order valence-electron chi connectivity index (χ3n) is 3.63. The molecule has 0 aromatic carbocycles. The number of nitro groups is 1. The highest BCUT2D eigenvalue weighted by molar-refractivity contribution is 6.29. The van der Waals surface area contributed by atoms with E-state index in [0.29, 0.717) is 30.6 Å². The Morgan fingerprint density at radius 1 is 1.46 bits per heavy atom. The summed E-state index contributed by atoms with van der Waals surface area (Å²) >= 11 is 5.79. The maximum atomic E-state index is 11.5. The maximum absolute atomic E-state index is 11.5. The number of aromatic amines is 1. The van der Waals surface area contributed by atoms with Crippen molar-refractivity contribution in [3.8, 4) is 0 Å². The Morgan fingerprint density at radius 2 is 2.33 bits per heavy atom. The molecule has 7 nitrogen and oxygen atoms in total. The molecule has 0 atom stereocenters. The zero-order chi connectivity index (χ0) is 16.9. The summed E-state index contributed by atoms with van der Waals surface area (Å²) in [7, 11) is 0. The summed E-state index contributed by atoms with van der Waals surface area (Å²) in [5, 5.41) is 15.0. The molecule has 1 aliphatic rings. The van der Waals surface area contributed by atoms with E-state index in [1.165, 1.54) is 6.08 Å². The molecule has 0 aliphatic carbocycles. The van der Waals surface area contributed by atoms with Crippen molar-refractivity contribution in [2.75, 3.05) is 13.1 Å². The highest BCUT2D eigenvalue weighted by Gasteiger charge is 2.26. The number of nitrogens with one attached hydrogen (secondary N) is 2. The first-order chi connectivity index (χ1) is 11.6. The fraction of sp³-hybridized carbons (Fsp3) is 0.188. The summed E-state index contributed by atoms with van der Waals surface area (Å²) < 4.78 is 0. The molecule has 1 fully saturated rings. The molecule has 8 heteroatoms. The first-order valence-electron chi connectivity index (χ1n) is 7.43. The molecule has 0 bridgehead atoms. The second-order valence-electron chi connectivity index (χ2n) is 5.29. The molecule has 0 unspecified atom stereocenters. The lowest BCUT2D eigenvalue weighted by atomic mass is 10.2. The quantitative estimate of drug-likeness (QED) is 0.494. The molecule has 24 heavy (non-hydrogen) atoms. The molecule has 2 aromatic heterocycles. The Hall–Kier alpha value is -2.80. The van der Waals surface area contributed by atoms with Crippen molar-refractivity contribution >= 4 is 17.7 Å². The Kier molecular flexibility index (Phi) is 4.81. The molecule has 3 rings (SSSR count). The summed E-state index contributed by atoms with van der Waals surface area (Å²) in [5.41, 5.74) is 1.78. The van der Waals surface area contributed by atoms with E-state index in [0.717, 1.165) is 11.3 Å². The number of nitrogens with zero attached hydrogens (tertiary/aromatic N) is 3. The van der Waals surface area contributed by atoms with Gasteiger partial charge in [0.05, 0.1) is 4.92 Å². The van der Waals surface area contributed by atoms with Crippen LogP contribution in [0.15, 0.2) is 54.3 Å². The minimum Gasteiger partial charge on any atom is -0.364 e. The van der Waals surface area contributed by atoms with E-state index < -0.39 is 0 Å². The molecular formula is C16H16ClN5O2. The molecule has 2 N–H and O–H groups in total. The van der Waals surface area contributed by atoms with E-state index in [2.05, 4.69) is 15.3 Å². The Bertz CT molecular complexity index is 768. The van der Waals surface area contributed by atoms with Gasteiger partial charge in [-0.15, -0.1) is 0 Å². The van der Waals surface area contributed by atoms with Crippen LogP contribution in [-0.4, -0.2) is 32.9 Å². The highest BCUT2D eigenvalue weighted by atomic mass is 35.5. The minimum absolute atomic E-state index is 0.0315. The molecule has 0 spiro atoms. The predicted molar refractivity (Wildman–Crippen MR) is 91.5 cm³/mol. The lowest BCUT2D eigenvalue weighted by Crippen LogP contribution is -2.23. The third-order valence-corrected chi connectivity index (χ3v) is 3.86. The van der Waals surface area contributed by atoms with Crippen molar-refractivity contribution in [2.24, 2.45) is 0 Å². The van der Waals surface area contributed by atoms with Gasteiger partial charge in [-0.25, -0.2) is 4.98 Å². The number of allylic oxidation sites excluding steroid dienone is 1. The summed E-state index contributed by atoms with van der Waals surface area (Å²) in [6.07, 6.45) is 6.64. The van der Waals surface area contributed by atoms with Crippen LogP contribution in [-0.2, 0) is 6.54 Å². The zero-order valence-corrected chi connectivity index (χ0v) is 13.5. The van der Waals surface area contributed by atoms with Crippen LogP contribution >= 0.6 is 11.6 Å². The van der Waals surface area contributed by atoms with Crippen LogP contribution in [0.25, 0.3) is 6.08 Å². The van der Waals surface area contributed by atoms with Gasteiger partial charge in [0.25, 0.3) is 0 Å². The first kappa shape index (κ1) is 16.1. The second kappa shape index (κ2) is 7.18. The summed E-state index contributed by atoms with van der Waals surface area (Å²) in [5.74, 6) is 0.512. The molecule has 0 radical (unpaired) electrons. The molecule has 1 aliphatic heterocycles. The van der Waals surface area contributed by atoms with Crippen molar-refractivity contribution in [1.29, 1.82) is 0 Å². The van der Waals surface area contributed by atoms with E-state index in [9.17, 15) is 10.1 Å². The van der Waals surface area contributed by atoms with Crippen LogP contribution in [0.3, 0.4) is 0 Å². The van der Waals surface area contributed by atoms with Gasteiger partial charge in [0.15, 0.2) is 5.82 Å². The Balaban J connectivity index is 1.85. The smallest absolute Gasteiger partial charge is 0.309 e. The Labute approximate surface area is 143 Å². The monoisotopic (exact) mass is 345 g/mol. The number of hydrogen-bond donors (Lipinski definition) is 2. The van der Waals surface area contributed by atoms with Crippen molar-refractivity contribution in [3.05, 3.63) is 80.8 Å². The van der Waals surface area contributed by atoms with Gasteiger partial charge in [-0.2, -0.15) is 0 Å². The van der Waals surface area contributed by atoms with Crippen LogP contribution in [0.5, 0.6) is 0 Å². The average Bonchev–Trinajstić information content (AvgIpc) is 3.22. The number of hydrogen-bond acceptors (Lipinski definition) is 5. The standard InChI is InChI=1S/C16H16ClN5O2/c17-15-6-3-12(10-20-15)11-21-9-8-19-16(21)14(22(23)24)5-4-13-2-1-7-18-13/h1-7,10,18-19H,8-9,11H2/b5-4+,16-14+. The summed E-state index contributed by atoms with van der Waals surface area (Å²) in [6.45, 7) is 1.87. The summed E-state index contributed by atoms with van der Waals surface area (Å²) in [4.78, 5) is 20.1. The average molecular weight is 346 g/mol. The number of H-pyrrole nitrogens is 1. The van der Waals surface area contributed by atoms with Crippen LogP contribution in [0.4, 0.5) is 0 Å². The molecule has 1 saturated heterocycles. The van der Waals surface area contributed by atoms with Crippen molar-refractivity contribution in [1.82, 2.24) is 20.2 Å². The van der Waals surface area contributed by atoms with E-state index >= 15 is 0 Å². The van der Waals surface area contributed by atoms with Crippen LogP contribution < -0.4 is 5.32 Å². The SMILES string of the molecule is O=[N+]([O-])C(/C=C/c1ccc[nH]1)=C1\NCCN1Cc1ccc(Cl)nc1. The van der Waals surface area contributed by atoms with E-state index in [-0.39, 0.29) is 10.6 Å². The molecule has 3 heterocycles. The van der Waals surface area contributed by atoms with Crippen LogP contribution in [0.2, 0.25) is 5.15 Å². The third kappa shape index (κ3) is 3.75. The highest BCUT2D eigenvalue weighted by Crippen LogP contribution is 2.19. The molecule has 124 valence electrons. The Morgan fingerprint density at radius 3 is 3.00 bits per heavy atom. The van der Waals surface area contributed by atoms with E-state index in [1.807, 2.05) is 23.1 Å². The molecule has 2 aromatic rings. The number of aromatic nitrogens is 2. The van der Waals surface area contributed by atoms with Crippen LogP contribution in [0, 0.1) is 10.1 Å². The van der Waals surface area contributed by atoms with Gasteiger partial charge in [-0.3, -0.25) is 10.1 Å². The van der Waals surface area contributed by atoms with Crippen molar-refractivity contribution in [3.63, 3.8) is 0 Å². The fourth-order valence-corrected chi connectivity index (χ4v) is 2.62. The van der Waals surface area contributed by atoms with Crippen molar-refractivity contribution in [2.45, 2.75) is 6.54 Å². The second-order valence-corrected chi connectivity index (χ2v) is 5.67. The molecule has 0 amide bonds. The first-order valence-corrected chi connectivity index (χ1v) is 7.80. The van der Waals surface area contributed by atoms with Crippen molar-refractivity contribution < 1.29 is 4.92 Å². The lowest BCUT2D eigenvalue weighted by molar-refractivity contribution is -0.421. The number of pyridine rings is 1. The topological polar surface area (TPSA) is 87.1 Å². The van der Waals surface area contributed by atoms with E-state index in [1.54, 1.807) is 24.5 Å². The number of halogens is 1. The van der Waals surface area contributed by atoms with E-state index in [4.69, 9.17) is 11.6 Å². The van der Waals surface area contributed by atoms with Gasteiger partial charge in [0.2, 0.25) is 0 Å². The van der Waals surface area contributed by atoms with Gasteiger partial charge < -0.3 is 15.2 Å². The zero-order valence-electron chi connectivity index (χ0n) is 12.8. The van der Waals surface area contributed by atoms with Gasteiger partial charge in [0, 0.05) is 43.8 Å². The van der Waals surface area contributed by atoms with Gasteiger partial charge in [-0.1, -0.05) is 17.7 Å². The normalized spacial score (nSPS) is 16.5. The van der Waals surface area contributed by atoms with Gasteiger partial charge in [-0.05, 0) is 29.8 Å². The largest absolute Gasteiger partial charge is 0.364 e.